The van der Waals surface area contributed by atoms with E-state index in [0.717, 1.165) is 35.6 Å². The van der Waals surface area contributed by atoms with E-state index in [0.29, 0.717) is 0 Å². The van der Waals surface area contributed by atoms with Crippen molar-refractivity contribution >= 4 is 27.8 Å². The zero-order valence-corrected chi connectivity index (χ0v) is 13.0. The van der Waals surface area contributed by atoms with Gasteiger partial charge in [-0.2, -0.15) is 0 Å². The van der Waals surface area contributed by atoms with Crippen molar-refractivity contribution in [3.8, 4) is 0 Å². The first-order valence-electron chi connectivity index (χ1n) is 7.82. The summed E-state index contributed by atoms with van der Waals surface area (Å²) in [5.74, 6) is 0.861. The summed E-state index contributed by atoms with van der Waals surface area (Å²) in [5.41, 5.74) is 4.05. The lowest BCUT2D eigenvalue weighted by Gasteiger charge is -2.10. The molecule has 0 unspecified atom stereocenters. The minimum atomic E-state index is 0.812. The molecule has 4 heteroatoms. The number of anilines is 1. The summed E-state index contributed by atoms with van der Waals surface area (Å²) >= 11 is 0. The number of para-hydroxylation sites is 3. The van der Waals surface area contributed by atoms with Crippen LogP contribution in [0.15, 0.2) is 60.8 Å². The van der Waals surface area contributed by atoms with E-state index >= 15 is 0 Å². The Balaban J connectivity index is 1.52. The predicted octanol–water partition coefficient (Wildman–Crippen LogP) is 4.01. The molecule has 0 fully saturated rings. The van der Waals surface area contributed by atoms with Gasteiger partial charge in [0.2, 0.25) is 0 Å². The number of hydrogen-bond acceptors (Lipinski definition) is 3. The molecule has 0 saturated heterocycles. The zero-order chi connectivity index (χ0) is 15.6. The number of nitrogens with zero attached hydrogens (tertiary/aromatic N) is 3. The monoisotopic (exact) mass is 302 g/mol. The van der Waals surface area contributed by atoms with Crippen molar-refractivity contribution in [1.29, 1.82) is 0 Å². The van der Waals surface area contributed by atoms with Crippen LogP contribution in [-0.4, -0.2) is 21.1 Å². The lowest BCUT2D eigenvalue weighted by molar-refractivity contribution is 0.754. The Morgan fingerprint density at radius 2 is 1.65 bits per heavy atom. The molecule has 0 aliphatic carbocycles. The molecule has 114 valence electrons. The first-order chi connectivity index (χ1) is 11.3. The van der Waals surface area contributed by atoms with Crippen LogP contribution in [0.2, 0.25) is 0 Å². The summed E-state index contributed by atoms with van der Waals surface area (Å²) < 4.78 is 2.26. The van der Waals surface area contributed by atoms with Crippen LogP contribution in [0.1, 0.15) is 5.69 Å². The summed E-state index contributed by atoms with van der Waals surface area (Å²) in [5, 5.41) is 4.69. The van der Waals surface area contributed by atoms with Crippen molar-refractivity contribution in [2.75, 3.05) is 11.9 Å². The largest absolute Gasteiger partial charge is 0.367 e. The van der Waals surface area contributed by atoms with E-state index in [1.54, 1.807) is 0 Å². The fraction of sp³-hybridized carbons (Fsp3) is 0.158. The Morgan fingerprint density at radius 1 is 0.913 bits per heavy atom. The molecule has 0 spiro atoms. The maximum atomic E-state index is 4.67. The van der Waals surface area contributed by atoms with Gasteiger partial charge in [-0.1, -0.05) is 30.3 Å². The number of aromatic nitrogens is 3. The topological polar surface area (TPSA) is 42.7 Å². The summed E-state index contributed by atoms with van der Waals surface area (Å²) in [7, 11) is 0. The van der Waals surface area contributed by atoms with E-state index in [1.165, 1.54) is 10.9 Å². The van der Waals surface area contributed by atoms with Gasteiger partial charge in [-0.25, -0.2) is 9.97 Å². The van der Waals surface area contributed by atoms with Crippen molar-refractivity contribution in [3.05, 3.63) is 66.5 Å². The highest BCUT2D eigenvalue weighted by Crippen LogP contribution is 2.17. The van der Waals surface area contributed by atoms with E-state index in [4.69, 9.17) is 0 Å². The molecule has 0 bridgehead atoms. The Labute approximate surface area is 134 Å². The average Bonchev–Trinajstić information content (AvgIpc) is 2.99. The standard InChI is InChI=1S/C19H18N4/c1-14-19(22-17-8-4-3-7-16(17)21-14)20-11-13-23-12-10-15-6-2-5-9-18(15)23/h2-10,12H,11,13H2,1H3,(H,20,22). The van der Waals surface area contributed by atoms with Gasteiger partial charge < -0.3 is 9.88 Å². The number of nitrogens with one attached hydrogen (secondary N) is 1. The molecule has 2 aromatic heterocycles. The maximum absolute atomic E-state index is 4.67. The second-order valence-corrected chi connectivity index (χ2v) is 5.64. The number of aryl methyl sites for hydroxylation is 1. The quantitative estimate of drug-likeness (QED) is 0.619. The third-order valence-corrected chi connectivity index (χ3v) is 4.07. The molecule has 2 heterocycles. The Kier molecular flexibility index (Phi) is 3.42. The van der Waals surface area contributed by atoms with Crippen LogP contribution >= 0.6 is 0 Å². The fourth-order valence-corrected chi connectivity index (χ4v) is 2.89. The molecule has 0 aliphatic heterocycles. The first-order valence-corrected chi connectivity index (χ1v) is 7.82. The predicted molar refractivity (Wildman–Crippen MR) is 94.7 cm³/mol. The number of hydrogen-bond donors (Lipinski definition) is 1. The van der Waals surface area contributed by atoms with Crippen molar-refractivity contribution in [2.45, 2.75) is 13.5 Å². The van der Waals surface area contributed by atoms with Crippen molar-refractivity contribution < 1.29 is 0 Å². The van der Waals surface area contributed by atoms with Crippen LogP contribution in [0.4, 0.5) is 5.82 Å². The molecule has 4 nitrogen and oxygen atoms in total. The van der Waals surface area contributed by atoms with Gasteiger partial charge in [-0.15, -0.1) is 0 Å². The molecule has 0 amide bonds. The SMILES string of the molecule is Cc1nc2ccccc2nc1NCCn1ccc2ccccc21. The fourth-order valence-electron chi connectivity index (χ4n) is 2.89. The number of benzene rings is 2. The Hall–Kier alpha value is -2.88. The van der Waals surface area contributed by atoms with Crippen LogP contribution in [-0.2, 0) is 6.54 Å². The van der Waals surface area contributed by atoms with Gasteiger partial charge >= 0.3 is 0 Å². The summed E-state index contributed by atoms with van der Waals surface area (Å²) in [4.78, 5) is 9.28. The van der Waals surface area contributed by atoms with Gasteiger partial charge in [0.1, 0.15) is 5.82 Å². The minimum Gasteiger partial charge on any atom is -0.367 e. The van der Waals surface area contributed by atoms with Gasteiger partial charge in [-0.05, 0) is 36.6 Å². The van der Waals surface area contributed by atoms with Gasteiger partial charge in [0.05, 0.1) is 16.7 Å². The van der Waals surface area contributed by atoms with Gasteiger partial charge in [-0.3, -0.25) is 0 Å². The zero-order valence-electron chi connectivity index (χ0n) is 13.0. The molecular formula is C19H18N4. The molecule has 4 rings (SSSR count). The summed E-state index contributed by atoms with van der Waals surface area (Å²) in [6.07, 6.45) is 2.13. The van der Waals surface area contributed by atoms with E-state index in [-0.39, 0.29) is 0 Å². The second kappa shape index (κ2) is 5.72. The van der Waals surface area contributed by atoms with Crippen molar-refractivity contribution in [2.24, 2.45) is 0 Å². The first kappa shape index (κ1) is 13.8. The van der Waals surface area contributed by atoms with Crippen molar-refractivity contribution in [3.63, 3.8) is 0 Å². The third-order valence-electron chi connectivity index (χ3n) is 4.07. The highest BCUT2D eigenvalue weighted by Gasteiger charge is 2.05. The van der Waals surface area contributed by atoms with Gasteiger partial charge in [0, 0.05) is 24.8 Å². The van der Waals surface area contributed by atoms with Crippen LogP contribution in [0, 0.1) is 6.92 Å². The lowest BCUT2D eigenvalue weighted by atomic mass is 10.2. The second-order valence-electron chi connectivity index (χ2n) is 5.64. The molecule has 2 aromatic carbocycles. The number of rotatable bonds is 4. The molecule has 4 aromatic rings. The minimum absolute atomic E-state index is 0.812. The molecule has 0 radical (unpaired) electrons. The van der Waals surface area contributed by atoms with Crippen LogP contribution in [0.3, 0.4) is 0 Å². The van der Waals surface area contributed by atoms with E-state index < -0.39 is 0 Å². The Morgan fingerprint density at radius 3 is 2.52 bits per heavy atom. The normalized spacial score (nSPS) is 11.2. The molecule has 0 saturated carbocycles. The lowest BCUT2D eigenvalue weighted by Crippen LogP contribution is -2.12. The van der Waals surface area contributed by atoms with Crippen LogP contribution in [0.25, 0.3) is 21.9 Å². The molecule has 1 N–H and O–H groups in total. The van der Waals surface area contributed by atoms with Crippen molar-refractivity contribution in [1.82, 2.24) is 14.5 Å². The van der Waals surface area contributed by atoms with Crippen LogP contribution < -0.4 is 5.32 Å². The van der Waals surface area contributed by atoms with E-state index in [2.05, 4.69) is 56.4 Å². The molecular weight excluding hydrogens is 284 g/mol. The summed E-state index contributed by atoms with van der Waals surface area (Å²) in [6.45, 7) is 3.70. The molecule has 23 heavy (non-hydrogen) atoms. The Bertz CT molecular complexity index is 971. The highest BCUT2D eigenvalue weighted by atomic mass is 15.1. The third kappa shape index (κ3) is 2.63. The molecule has 0 aliphatic rings. The maximum Gasteiger partial charge on any atom is 0.148 e. The van der Waals surface area contributed by atoms with E-state index in [1.807, 2.05) is 31.2 Å². The smallest absolute Gasteiger partial charge is 0.148 e. The van der Waals surface area contributed by atoms with E-state index in [9.17, 15) is 0 Å². The summed E-state index contributed by atoms with van der Waals surface area (Å²) in [6, 6.07) is 18.5. The number of fused-ring (bicyclic) bond motifs is 2. The molecule has 0 atom stereocenters. The highest BCUT2D eigenvalue weighted by molar-refractivity contribution is 5.80. The van der Waals surface area contributed by atoms with Gasteiger partial charge in [0.25, 0.3) is 0 Å². The van der Waals surface area contributed by atoms with Crippen LogP contribution in [0.5, 0.6) is 0 Å². The van der Waals surface area contributed by atoms with Gasteiger partial charge in [0.15, 0.2) is 0 Å². The average molecular weight is 302 g/mol.